The first-order valence-electron chi connectivity index (χ1n) is 15.6. The van der Waals surface area contributed by atoms with Crippen LogP contribution in [0.2, 0.25) is 0 Å². The number of allylic oxidation sites excluding steroid dienone is 1. The van der Waals surface area contributed by atoms with Crippen molar-refractivity contribution in [1.29, 1.82) is 0 Å². The van der Waals surface area contributed by atoms with Crippen molar-refractivity contribution < 1.29 is 0 Å². The molecule has 0 aliphatic carbocycles. The summed E-state index contributed by atoms with van der Waals surface area (Å²) in [5.41, 5.74) is 8.97. The average molecular weight is 611 g/mol. The van der Waals surface area contributed by atoms with E-state index in [9.17, 15) is 0 Å². The summed E-state index contributed by atoms with van der Waals surface area (Å²) in [6.07, 6.45) is 8.04. The van der Waals surface area contributed by atoms with E-state index >= 15 is 0 Å². The number of hydrogen-bond acceptors (Lipinski definition) is 3. The van der Waals surface area contributed by atoms with Gasteiger partial charge in [0.15, 0.2) is 0 Å². The highest BCUT2D eigenvalue weighted by Gasteiger charge is 2.27. The SMILES string of the molecule is C=C/C=c1\c(=C/C)sc2c1ccc1c3cc4c(ccn4-c4ccccc4)cc3n(C3N=C(c4ccccc4)c4ccccc4N3)c12. The predicted octanol–water partition coefficient (Wildman–Crippen LogP) is 9.14. The smallest absolute Gasteiger partial charge is 0.201 e. The molecule has 46 heavy (non-hydrogen) atoms. The molecule has 8 aromatic rings. The van der Waals surface area contributed by atoms with Gasteiger partial charge in [-0.05, 0) is 43.3 Å². The Labute approximate surface area is 270 Å². The molecule has 4 nitrogen and oxygen atoms in total. The van der Waals surface area contributed by atoms with E-state index in [1.807, 2.05) is 17.4 Å². The Balaban J connectivity index is 1.41. The molecule has 0 saturated carbocycles. The lowest BCUT2D eigenvalue weighted by molar-refractivity contribution is 0.626. The van der Waals surface area contributed by atoms with Crippen LogP contribution < -0.4 is 15.1 Å². The van der Waals surface area contributed by atoms with Gasteiger partial charge in [0.2, 0.25) is 6.29 Å². The fourth-order valence-electron chi connectivity index (χ4n) is 7.05. The molecule has 0 radical (unpaired) electrons. The normalized spacial score (nSPS) is 15.5. The summed E-state index contributed by atoms with van der Waals surface area (Å²) in [4.78, 5) is 5.50. The standard InChI is InChI=1S/C41H30N4S/c1-3-13-29-31-21-20-30-33-25-35-27(22-23-44(35)28-16-9-6-10-17-28)24-36(33)45(39(30)40(31)46-37(29)4-2)41-42-34-19-12-11-18-32(34)38(43-41)26-14-7-5-8-15-26/h3-25,41-42H,1H2,2H3/b29-13-,37-4+. The van der Waals surface area contributed by atoms with Gasteiger partial charge in [-0.2, -0.15) is 0 Å². The molecular weight excluding hydrogens is 581 g/mol. The number of para-hydroxylation sites is 2. The molecule has 0 spiro atoms. The zero-order valence-corrected chi connectivity index (χ0v) is 26.1. The van der Waals surface area contributed by atoms with Gasteiger partial charge in [0, 0.05) is 60.0 Å². The van der Waals surface area contributed by atoms with E-state index in [1.54, 1.807) is 0 Å². The summed E-state index contributed by atoms with van der Waals surface area (Å²) in [5.74, 6) is 0. The molecule has 9 rings (SSSR count). The Morgan fingerprint density at radius 1 is 0.804 bits per heavy atom. The average Bonchev–Trinajstić information content (AvgIpc) is 3.79. The lowest BCUT2D eigenvalue weighted by atomic mass is 9.99. The molecule has 1 aliphatic heterocycles. The van der Waals surface area contributed by atoms with Crippen molar-refractivity contribution >= 4 is 77.7 Å². The topological polar surface area (TPSA) is 34.2 Å². The quantitative estimate of drug-likeness (QED) is 0.212. The molecule has 0 fully saturated rings. The number of benzene rings is 5. The van der Waals surface area contributed by atoms with Crippen molar-refractivity contribution in [3.8, 4) is 5.69 Å². The van der Waals surface area contributed by atoms with Crippen LogP contribution >= 0.6 is 11.3 Å². The van der Waals surface area contributed by atoms with Crippen molar-refractivity contribution in [3.63, 3.8) is 0 Å². The summed E-state index contributed by atoms with van der Waals surface area (Å²) < 4.78 is 7.21. The van der Waals surface area contributed by atoms with Crippen LogP contribution in [-0.4, -0.2) is 14.8 Å². The van der Waals surface area contributed by atoms with E-state index in [1.165, 1.54) is 47.0 Å². The molecule has 1 atom stereocenters. The van der Waals surface area contributed by atoms with E-state index in [4.69, 9.17) is 4.99 Å². The molecule has 0 bridgehead atoms. The van der Waals surface area contributed by atoms with Crippen LogP contribution in [0.1, 0.15) is 24.3 Å². The summed E-state index contributed by atoms with van der Waals surface area (Å²) in [6, 6.07) is 41.1. The molecule has 4 heterocycles. The number of nitrogens with one attached hydrogen (secondary N) is 1. The van der Waals surface area contributed by atoms with Gasteiger partial charge in [-0.15, -0.1) is 11.3 Å². The minimum atomic E-state index is -0.354. The van der Waals surface area contributed by atoms with Gasteiger partial charge in [0.1, 0.15) is 0 Å². The number of anilines is 1. The fourth-order valence-corrected chi connectivity index (χ4v) is 8.26. The Hall–Kier alpha value is -5.65. The van der Waals surface area contributed by atoms with Gasteiger partial charge in [0.05, 0.1) is 27.0 Å². The second kappa shape index (κ2) is 10.5. The molecule has 5 heteroatoms. The zero-order valence-electron chi connectivity index (χ0n) is 25.3. The van der Waals surface area contributed by atoms with Crippen molar-refractivity contribution in [2.24, 2.45) is 4.99 Å². The van der Waals surface area contributed by atoms with Gasteiger partial charge in [-0.1, -0.05) is 104 Å². The van der Waals surface area contributed by atoms with Gasteiger partial charge in [0.25, 0.3) is 0 Å². The van der Waals surface area contributed by atoms with Gasteiger partial charge in [-0.3, -0.25) is 4.57 Å². The van der Waals surface area contributed by atoms with E-state index in [0.717, 1.165) is 33.7 Å². The molecule has 0 saturated heterocycles. The van der Waals surface area contributed by atoms with Gasteiger partial charge < -0.3 is 9.88 Å². The van der Waals surface area contributed by atoms with Gasteiger partial charge >= 0.3 is 0 Å². The summed E-state index contributed by atoms with van der Waals surface area (Å²) in [6.45, 7) is 6.14. The third-order valence-electron chi connectivity index (χ3n) is 9.09. The molecule has 1 aliphatic rings. The number of nitrogens with zero attached hydrogens (tertiary/aromatic N) is 3. The highest BCUT2D eigenvalue weighted by molar-refractivity contribution is 7.18. The van der Waals surface area contributed by atoms with Crippen LogP contribution in [0.3, 0.4) is 0 Å². The fraction of sp³-hybridized carbons (Fsp3) is 0.0488. The maximum Gasteiger partial charge on any atom is 0.201 e. The number of aromatic nitrogens is 2. The summed E-state index contributed by atoms with van der Waals surface area (Å²) in [5, 5.41) is 9.90. The van der Waals surface area contributed by atoms with Crippen molar-refractivity contribution in [1.82, 2.24) is 9.13 Å². The van der Waals surface area contributed by atoms with Gasteiger partial charge in [-0.25, -0.2) is 4.99 Å². The Morgan fingerprint density at radius 3 is 2.37 bits per heavy atom. The van der Waals surface area contributed by atoms with E-state index in [-0.39, 0.29) is 6.29 Å². The second-order valence-corrected chi connectivity index (χ2v) is 12.7. The monoisotopic (exact) mass is 610 g/mol. The highest BCUT2D eigenvalue weighted by Crippen LogP contribution is 2.41. The first-order chi connectivity index (χ1) is 22.7. The number of thiophene rings is 1. The van der Waals surface area contributed by atoms with Crippen molar-refractivity contribution in [2.45, 2.75) is 13.2 Å². The highest BCUT2D eigenvalue weighted by atomic mass is 32.1. The number of aliphatic imine (C=N–C) groups is 1. The Kier molecular flexibility index (Phi) is 6.08. The van der Waals surface area contributed by atoms with Crippen LogP contribution in [0.5, 0.6) is 0 Å². The largest absolute Gasteiger partial charge is 0.346 e. The van der Waals surface area contributed by atoms with Crippen LogP contribution in [0.4, 0.5) is 5.69 Å². The lowest BCUT2D eigenvalue weighted by Gasteiger charge is -2.28. The molecule has 220 valence electrons. The van der Waals surface area contributed by atoms with Crippen LogP contribution in [0, 0.1) is 0 Å². The maximum absolute atomic E-state index is 5.50. The first-order valence-corrected chi connectivity index (χ1v) is 16.4. The van der Waals surface area contributed by atoms with Crippen LogP contribution in [-0.2, 0) is 0 Å². The molecule has 3 aromatic heterocycles. The predicted molar refractivity (Wildman–Crippen MR) is 197 cm³/mol. The first kappa shape index (κ1) is 26.7. The van der Waals surface area contributed by atoms with Crippen LogP contribution in [0.25, 0.3) is 60.6 Å². The van der Waals surface area contributed by atoms with Crippen molar-refractivity contribution in [2.75, 3.05) is 5.32 Å². The zero-order chi connectivity index (χ0) is 30.8. The molecule has 1 unspecified atom stereocenters. The Bertz CT molecular complexity index is 2640. The molecule has 0 amide bonds. The number of fused-ring (bicyclic) bond motifs is 7. The van der Waals surface area contributed by atoms with E-state index in [2.05, 4.69) is 162 Å². The summed E-state index contributed by atoms with van der Waals surface area (Å²) in [7, 11) is 0. The molecule has 1 N–H and O–H groups in total. The maximum atomic E-state index is 5.50. The second-order valence-electron chi connectivity index (χ2n) is 11.6. The third kappa shape index (κ3) is 3.95. The number of hydrogen-bond donors (Lipinski definition) is 1. The Morgan fingerprint density at radius 2 is 1.57 bits per heavy atom. The van der Waals surface area contributed by atoms with E-state index in [0.29, 0.717) is 0 Å². The van der Waals surface area contributed by atoms with E-state index < -0.39 is 0 Å². The minimum absolute atomic E-state index is 0.354. The minimum Gasteiger partial charge on any atom is -0.346 e. The summed E-state index contributed by atoms with van der Waals surface area (Å²) >= 11 is 1.84. The lowest BCUT2D eigenvalue weighted by Crippen LogP contribution is -2.24. The van der Waals surface area contributed by atoms with Crippen molar-refractivity contribution in [3.05, 3.63) is 155 Å². The third-order valence-corrected chi connectivity index (χ3v) is 10.4. The number of rotatable bonds is 4. The molecular formula is C41H30N4S. The molecule has 5 aromatic carbocycles. The van der Waals surface area contributed by atoms with Crippen LogP contribution in [0.15, 0.2) is 139 Å².